The second-order valence-corrected chi connectivity index (χ2v) is 4.79. The summed E-state index contributed by atoms with van der Waals surface area (Å²) in [6.45, 7) is 5.44. The zero-order valence-electron chi connectivity index (χ0n) is 11.4. The first-order valence-electron chi connectivity index (χ1n) is 7.05. The zero-order chi connectivity index (χ0) is 12.5. The Morgan fingerprint density at radius 1 is 1.18 bits per heavy atom. The van der Waals surface area contributed by atoms with Gasteiger partial charge in [0.15, 0.2) is 0 Å². The summed E-state index contributed by atoms with van der Waals surface area (Å²) in [5, 5.41) is 0. The van der Waals surface area contributed by atoms with Gasteiger partial charge in [-0.1, -0.05) is 46.0 Å². The van der Waals surface area contributed by atoms with Crippen molar-refractivity contribution in [1.29, 1.82) is 0 Å². The molecular formula is C14H27N3. The zero-order valence-corrected chi connectivity index (χ0v) is 11.4. The number of nitrogens with two attached hydrogens (primary N) is 1. The van der Waals surface area contributed by atoms with Crippen molar-refractivity contribution in [2.45, 2.75) is 71.4 Å². The van der Waals surface area contributed by atoms with Gasteiger partial charge in [-0.05, 0) is 12.8 Å². The minimum Gasteiger partial charge on any atom is -0.333 e. The molecule has 0 saturated heterocycles. The Kier molecular flexibility index (Phi) is 6.94. The fourth-order valence-corrected chi connectivity index (χ4v) is 2.10. The van der Waals surface area contributed by atoms with Crippen molar-refractivity contribution in [3.05, 3.63) is 18.2 Å². The fourth-order valence-electron chi connectivity index (χ4n) is 2.10. The van der Waals surface area contributed by atoms with Gasteiger partial charge in [-0.15, -0.1) is 0 Å². The Labute approximate surface area is 105 Å². The van der Waals surface area contributed by atoms with Crippen LogP contribution in [0.1, 0.15) is 70.5 Å². The minimum atomic E-state index is 0.137. The van der Waals surface area contributed by atoms with E-state index in [0.717, 1.165) is 13.0 Å². The molecule has 98 valence electrons. The number of hydrogen-bond acceptors (Lipinski definition) is 2. The van der Waals surface area contributed by atoms with Crippen molar-refractivity contribution in [2.75, 3.05) is 0 Å². The van der Waals surface area contributed by atoms with Gasteiger partial charge in [0.05, 0.1) is 12.0 Å². The number of rotatable bonds is 9. The average Bonchev–Trinajstić information content (AvgIpc) is 2.81. The second kappa shape index (κ2) is 8.29. The van der Waals surface area contributed by atoms with Crippen LogP contribution in [0.5, 0.6) is 0 Å². The molecule has 0 aromatic carbocycles. The summed E-state index contributed by atoms with van der Waals surface area (Å²) >= 11 is 0. The summed E-state index contributed by atoms with van der Waals surface area (Å²) in [5.74, 6) is 0. The van der Waals surface area contributed by atoms with Crippen LogP contribution in [0.2, 0.25) is 0 Å². The van der Waals surface area contributed by atoms with Crippen molar-refractivity contribution in [1.82, 2.24) is 9.55 Å². The molecular weight excluding hydrogens is 210 g/mol. The van der Waals surface area contributed by atoms with E-state index >= 15 is 0 Å². The minimum absolute atomic E-state index is 0.137. The molecule has 0 unspecified atom stereocenters. The van der Waals surface area contributed by atoms with E-state index in [1.807, 2.05) is 12.5 Å². The third kappa shape index (κ3) is 4.90. The molecule has 3 nitrogen and oxygen atoms in total. The maximum atomic E-state index is 6.05. The summed E-state index contributed by atoms with van der Waals surface area (Å²) in [6, 6.07) is 0.137. The quantitative estimate of drug-likeness (QED) is 0.666. The number of aryl methyl sites for hydroxylation is 1. The Balaban J connectivity index is 2.24. The average molecular weight is 237 g/mol. The van der Waals surface area contributed by atoms with Gasteiger partial charge in [0.2, 0.25) is 0 Å². The van der Waals surface area contributed by atoms with Crippen LogP contribution in [0.4, 0.5) is 0 Å². The van der Waals surface area contributed by atoms with Gasteiger partial charge >= 0.3 is 0 Å². The third-order valence-corrected chi connectivity index (χ3v) is 3.32. The Morgan fingerprint density at radius 2 is 1.88 bits per heavy atom. The lowest BCUT2D eigenvalue weighted by atomic mass is 10.1. The summed E-state index contributed by atoms with van der Waals surface area (Å²) in [5.41, 5.74) is 7.23. The number of unbranched alkanes of at least 4 members (excludes halogenated alkanes) is 5. The largest absolute Gasteiger partial charge is 0.333 e. The van der Waals surface area contributed by atoms with E-state index in [9.17, 15) is 0 Å². The summed E-state index contributed by atoms with van der Waals surface area (Å²) < 4.78 is 2.22. The van der Waals surface area contributed by atoms with Gasteiger partial charge in [0.25, 0.3) is 0 Å². The summed E-state index contributed by atoms with van der Waals surface area (Å²) in [7, 11) is 0. The molecule has 17 heavy (non-hydrogen) atoms. The molecule has 0 aliphatic heterocycles. The summed E-state index contributed by atoms with van der Waals surface area (Å²) in [6.07, 6.45) is 12.8. The van der Waals surface area contributed by atoms with Crippen molar-refractivity contribution < 1.29 is 0 Å². The Hall–Kier alpha value is -0.830. The molecule has 0 aliphatic rings. The van der Waals surface area contributed by atoms with Crippen molar-refractivity contribution >= 4 is 0 Å². The fraction of sp³-hybridized carbons (Fsp3) is 0.786. The molecule has 1 rings (SSSR count). The lowest BCUT2D eigenvalue weighted by Gasteiger charge is -2.12. The molecule has 3 heteroatoms. The van der Waals surface area contributed by atoms with E-state index in [1.54, 1.807) is 0 Å². The standard InChI is InChI=1S/C14H27N3/c1-3-5-6-7-8-9-10-17-12-16-11-14(17)13(15)4-2/h11-13H,3-10,15H2,1-2H3/t13-/m1/s1. The molecule has 1 aromatic rings. The number of hydrogen-bond donors (Lipinski definition) is 1. The van der Waals surface area contributed by atoms with Crippen LogP contribution in [0.15, 0.2) is 12.5 Å². The van der Waals surface area contributed by atoms with Crippen LogP contribution < -0.4 is 5.73 Å². The van der Waals surface area contributed by atoms with E-state index in [1.165, 1.54) is 44.2 Å². The van der Waals surface area contributed by atoms with Crippen LogP contribution in [0.25, 0.3) is 0 Å². The predicted octanol–water partition coefficient (Wildman–Crippen LogP) is 3.65. The molecule has 1 aromatic heterocycles. The van der Waals surface area contributed by atoms with E-state index in [0.29, 0.717) is 0 Å². The molecule has 0 bridgehead atoms. The maximum Gasteiger partial charge on any atom is 0.0948 e. The van der Waals surface area contributed by atoms with Crippen molar-refractivity contribution in [3.63, 3.8) is 0 Å². The monoisotopic (exact) mass is 237 g/mol. The van der Waals surface area contributed by atoms with Gasteiger partial charge in [-0.25, -0.2) is 4.98 Å². The van der Waals surface area contributed by atoms with Crippen molar-refractivity contribution in [2.24, 2.45) is 5.73 Å². The predicted molar refractivity (Wildman–Crippen MR) is 72.8 cm³/mol. The number of aromatic nitrogens is 2. The maximum absolute atomic E-state index is 6.05. The van der Waals surface area contributed by atoms with E-state index in [-0.39, 0.29) is 6.04 Å². The lowest BCUT2D eigenvalue weighted by Crippen LogP contribution is -2.14. The molecule has 0 amide bonds. The van der Waals surface area contributed by atoms with Gasteiger partial charge in [0, 0.05) is 18.8 Å². The lowest BCUT2D eigenvalue weighted by molar-refractivity contribution is 0.529. The topological polar surface area (TPSA) is 43.8 Å². The molecule has 0 spiro atoms. The normalized spacial score (nSPS) is 12.9. The van der Waals surface area contributed by atoms with Crippen molar-refractivity contribution in [3.8, 4) is 0 Å². The van der Waals surface area contributed by atoms with Gasteiger partial charge in [-0.3, -0.25) is 0 Å². The van der Waals surface area contributed by atoms with Crippen LogP contribution in [-0.4, -0.2) is 9.55 Å². The molecule has 0 fully saturated rings. The Bertz CT molecular complexity index is 293. The van der Waals surface area contributed by atoms with Crippen LogP contribution >= 0.6 is 0 Å². The molecule has 2 N–H and O–H groups in total. The molecule has 0 aliphatic carbocycles. The van der Waals surface area contributed by atoms with E-state index < -0.39 is 0 Å². The Morgan fingerprint density at radius 3 is 2.59 bits per heavy atom. The number of nitrogens with zero attached hydrogens (tertiary/aromatic N) is 2. The second-order valence-electron chi connectivity index (χ2n) is 4.79. The van der Waals surface area contributed by atoms with Crippen LogP contribution in [0.3, 0.4) is 0 Å². The SMILES string of the molecule is CCCCCCCCn1cncc1[C@H](N)CC. The first-order valence-corrected chi connectivity index (χ1v) is 7.05. The highest BCUT2D eigenvalue weighted by Crippen LogP contribution is 2.14. The van der Waals surface area contributed by atoms with Gasteiger partial charge < -0.3 is 10.3 Å². The first kappa shape index (κ1) is 14.2. The highest BCUT2D eigenvalue weighted by atomic mass is 15.1. The highest BCUT2D eigenvalue weighted by Gasteiger charge is 2.08. The molecule has 1 atom stereocenters. The first-order chi connectivity index (χ1) is 8.29. The van der Waals surface area contributed by atoms with E-state index in [2.05, 4.69) is 23.4 Å². The van der Waals surface area contributed by atoms with Gasteiger partial charge in [-0.2, -0.15) is 0 Å². The molecule has 0 radical (unpaired) electrons. The molecule has 1 heterocycles. The van der Waals surface area contributed by atoms with Gasteiger partial charge in [0.1, 0.15) is 0 Å². The highest BCUT2D eigenvalue weighted by molar-refractivity contribution is 5.03. The smallest absolute Gasteiger partial charge is 0.0948 e. The summed E-state index contributed by atoms with van der Waals surface area (Å²) in [4.78, 5) is 4.20. The molecule has 0 saturated carbocycles. The van der Waals surface area contributed by atoms with E-state index in [4.69, 9.17) is 5.73 Å². The number of imidazole rings is 1. The third-order valence-electron chi connectivity index (χ3n) is 3.32. The van der Waals surface area contributed by atoms with Crippen LogP contribution in [-0.2, 0) is 6.54 Å². The van der Waals surface area contributed by atoms with Crippen LogP contribution in [0, 0.1) is 0 Å².